The smallest absolute Gasteiger partial charge is 0.466 e. The maximum atomic E-state index is 12.4. The Kier molecular flexibility index (Phi) is 24.0. The molecule has 0 aliphatic carbocycles. The lowest BCUT2D eigenvalue weighted by atomic mass is 10.1. The zero-order valence-electron chi connectivity index (χ0n) is 22.9. The second-order valence-corrected chi connectivity index (χ2v) is 10.3. The lowest BCUT2D eigenvalue weighted by Crippen LogP contribution is -2.24. The van der Waals surface area contributed by atoms with Crippen LogP contribution in [0.1, 0.15) is 97.8 Å². The van der Waals surface area contributed by atoms with Crippen LogP contribution in [-0.2, 0) is 27.7 Å². The lowest BCUT2D eigenvalue weighted by molar-refractivity contribution is -0.144. The Labute approximate surface area is 215 Å². The highest BCUT2D eigenvalue weighted by Gasteiger charge is 2.24. The number of hydrogen-bond acceptors (Lipinski definition) is 7. The fourth-order valence-corrected chi connectivity index (χ4v) is 4.33. The number of nitrogens with zero attached hydrogens (tertiary/aromatic N) is 1. The molecule has 0 fully saturated rings. The Bertz CT molecular complexity index is 592. The van der Waals surface area contributed by atoms with Crippen molar-refractivity contribution in [1.82, 2.24) is 4.90 Å². The highest BCUT2D eigenvalue weighted by Crippen LogP contribution is 2.48. The van der Waals surface area contributed by atoms with Gasteiger partial charge in [0, 0.05) is 26.5 Å². The van der Waals surface area contributed by atoms with Crippen LogP contribution in [-0.4, -0.2) is 57.4 Å². The topological polar surface area (TPSA) is 74.3 Å². The summed E-state index contributed by atoms with van der Waals surface area (Å²) in [6.45, 7) is 9.93. The summed E-state index contributed by atoms with van der Waals surface area (Å²) < 4.78 is 33.2. The third kappa shape index (κ3) is 22.0. The molecule has 0 amide bonds. The van der Waals surface area contributed by atoms with E-state index in [0.29, 0.717) is 19.4 Å². The van der Waals surface area contributed by atoms with Crippen molar-refractivity contribution in [3.05, 3.63) is 24.3 Å². The maximum absolute atomic E-state index is 12.4. The zero-order chi connectivity index (χ0) is 26.0. The molecule has 0 aromatic heterocycles. The van der Waals surface area contributed by atoms with E-state index in [0.717, 1.165) is 51.7 Å². The highest BCUT2D eigenvalue weighted by molar-refractivity contribution is 7.48. The van der Waals surface area contributed by atoms with E-state index < -0.39 is 7.82 Å². The van der Waals surface area contributed by atoms with Crippen molar-refractivity contribution >= 4 is 13.8 Å². The first-order valence-electron chi connectivity index (χ1n) is 13.6. The Hall–Kier alpha value is -0.980. The van der Waals surface area contributed by atoms with Gasteiger partial charge in [0.1, 0.15) is 0 Å². The largest absolute Gasteiger partial charge is 0.474 e. The standard InChI is InChI=1S/C27H52NO6P/c1-5-8-9-10-11-12-13-14-15-16-17-18-19-22-27(29)32-24-21-26-34-35(30,31-4)33-25-20-23-28(6-2)7-3/h9-10,15-16H,5-8,11-14,17-26H2,1-4H3/b10-9-,16-15-. The third-order valence-corrected chi connectivity index (χ3v) is 7.01. The minimum absolute atomic E-state index is 0.147. The summed E-state index contributed by atoms with van der Waals surface area (Å²) in [7, 11) is -2.24. The molecule has 0 bridgehead atoms. The Morgan fingerprint density at radius 2 is 1.29 bits per heavy atom. The fourth-order valence-electron chi connectivity index (χ4n) is 3.33. The quantitative estimate of drug-likeness (QED) is 0.0538. The second-order valence-electron chi connectivity index (χ2n) is 8.51. The van der Waals surface area contributed by atoms with E-state index in [1.54, 1.807) is 0 Å². The summed E-state index contributed by atoms with van der Waals surface area (Å²) in [5.41, 5.74) is 0. The summed E-state index contributed by atoms with van der Waals surface area (Å²) in [6, 6.07) is 0. The van der Waals surface area contributed by atoms with Gasteiger partial charge in [-0.2, -0.15) is 0 Å². The summed E-state index contributed by atoms with van der Waals surface area (Å²) in [6.07, 6.45) is 20.7. The van der Waals surface area contributed by atoms with Crippen LogP contribution in [0.25, 0.3) is 0 Å². The predicted molar refractivity (Wildman–Crippen MR) is 145 cm³/mol. The number of hydrogen-bond donors (Lipinski definition) is 0. The SMILES string of the molecule is CCC/C=C\CCCC/C=C\CCCCC(=O)OCCCOP(=O)(OC)OCCCN(CC)CC. The van der Waals surface area contributed by atoms with Crippen molar-refractivity contribution in [1.29, 1.82) is 0 Å². The lowest BCUT2D eigenvalue weighted by Gasteiger charge is -2.19. The number of esters is 1. The molecule has 0 aliphatic rings. The van der Waals surface area contributed by atoms with E-state index in [4.69, 9.17) is 18.3 Å². The van der Waals surface area contributed by atoms with Gasteiger partial charge in [0.05, 0.1) is 19.8 Å². The first-order valence-corrected chi connectivity index (χ1v) is 15.1. The molecular weight excluding hydrogens is 465 g/mol. The number of phosphoric ester groups is 1. The van der Waals surface area contributed by atoms with Crippen molar-refractivity contribution in [2.45, 2.75) is 97.8 Å². The zero-order valence-corrected chi connectivity index (χ0v) is 23.8. The monoisotopic (exact) mass is 517 g/mol. The van der Waals surface area contributed by atoms with Crippen molar-refractivity contribution in [2.24, 2.45) is 0 Å². The van der Waals surface area contributed by atoms with E-state index in [-0.39, 0.29) is 19.2 Å². The van der Waals surface area contributed by atoms with Crippen LogP contribution < -0.4 is 0 Å². The van der Waals surface area contributed by atoms with Gasteiger partial charge in [0.15, 0.2) is 0 Å². The molecule has 0 heterocycles. The molecular formula is C27H52NO6P. The number of carbonyl (C=O) groups excluding carboxylic acids is 1. The molecule has 0 aromatic carbocycles. The minimum Gasteiger partial charge on any atom is -0.466 e. The molecule has 0 aromatic rings. The minimum atomic E-state index is -3.55. The Morgan fingerprint density at radius 1 is 0.743 bits per heavy atom. The van der Waals surface area contributed by atoms with Gasteiger partial charge in [-0.1, -0.05) is 51.5 Å². The van der Waals surface area contributed by atoms with E-state index in [2.05, 4.69) is 50.0 Å². The Balaban J connectivity index is 3.66. The van der Waals surface area contributed by atoms with Crippen LogP contribution in [0.3, 0.4) is 0 Å². The summed E-state index contributed by atoms with van der Waals surface area (Å²) in [5, 5.41) is 0. The van der Waals surface area contributed by atoms with Crippen LogP contribution in [0.15, 0.2) is 24.3 Å². The summed E-state index contributed by atoms with van der Waals surface area (Å²) >= 11 is 0. The highest BCUT2D eigenvalue weighted by atomic mass is 31.2. The molecule has 0 saturated heterocycles. The van der Waals surface area contributed by atoms with Crippen LogP contribution in [0, 0.1) is 0 Å². The molecule has 206 valence electrons. The fraction of sp³-hybridized carbons (Fsp3) is 0.815. The average Bonchev–Trinajstić information content (AvgIpc) is 2.86. The van der Waals surface area contributed by atoms with E-state index in [1.165, 1.54) is 39.2 Å². The van der Waals surface area contributed by atoms with Gasteiger partial charge >= 0.3 is 13.8 Å². The molecule has 0 saturated carbocycles. The predicted octanol–water partition coefficient (Wildman–Crippen LogP) is 7.47. The van der Waals surface area contributed by atoms with Crippen LogP contribution in [0.4, 0.5) is 0 Å². The normalized spacial score (nSPS) is 13.7. The third-order valence-electron chi connectivity index (χ3n) is 5.57. The van der Waals surface area contributed by atoms with E-state index in [9.17, 15) is 9.36 Å². The Morgan fingerprint density at radius 3 is 1.83 bits per heavy atom. The van der Waals surface area contributed by atoms with Crippen molar-refractivity contribution in [3.8, 4) is 0 Å². The number of ether oxygens (including phenoxy) is 1. The summed E-state index contributed by atoms with van der Waals surface area (Å²) in [5.74, 6) is -0.201. The molecule has 0 N–H and O–H groups in total. The maximum Gasteiger partial charge on any atom is 0.474 e. The number of phosphoric acid groups is 1. The van der Waals surface area contributed by atoms with E-state index in [1.807, 2.05) is 0 Å². The molecule has 8 heteroatoms. The summed E-state index contributed by atoms with van der Waals surface area (Å²) in [4.78, 5) is 14.1. The molecule has 1 atom stereocenters. The molecule has 0 aliphatic heterocycles. The van der Waals surface area contributed by atoms with Crippen LogP contribution in [0.2, 0.25) is 0 Å². The van der Waals surface area contributed by atoms with Gasteiger partial charge in [0.25, 0.3) is 0 Å². The molecule has 35 heavy (non-hydrogen) atoms. The van der Waals surface area contributed by atoms with Gasteiger partial charge in [-0.3, -0.25) is 18.4 Å². The molecule has 1 unspecified atom stereocenters. The average molecular weight is 518 g/mol. The van der Waals surface area contributed by atoms with Crippen LogP contribution in [0.5, 0.6) is 0 Å². The number of allylic oxidation sites excluding steroid dienone is 4. The molecule has 0 spiro atoms. The van der Waals surface area contributed by atoms with Gasteiger partial charge in [-0.15, -0.1) is 0 Å². The molecule has 7 nitrogen and oxygen atoms in total. The molecule has 0 rings (SSSR count). The van der Waals surface area contributed by atoms with Gasteiger partial charge in [0.2, 0.25) is 0 Å². The number of carbonyl (C=O) groups is 1. The van der Waals surface area contributed by atoms with E-state index >= 15 is 0 Å². The van der Waals surface area contributed by atoms with Gasteiger partial charge < -0.3 is 9.64 Å². The van der Waals surface area contributed by atoms with Crippen LogP contribution >= 0.6 is 7.82 Å². The van der Waals surface area contributed by atoms with Crippen molar-refractivity contribution < 1.29 is 27.7 Å². The van der Waals surface area contributed by atoms with Gasteiger partial charge in [-0.05, 0) is 70.9 Å². The number of rotatable bonds is 25. The second kappa shape index (κ2) is 24.7. The van der Waals surface area contributed by atoms with Crippen molar-refractivity contribution in [2.75, 3.05) is 46.6 Å². The molecule has 0 radical (unpaired) electrons. The first kappa shape index (κ1) is 34.0. The first-order chi connectivity index (χ1) is 17.0. The van der Waals surface area contributed by atoms with Gasteiger partial charge in [-0.25, -0.2) is 4.57 Å². The van der Waals surface area contributed by atoms with Crippen molar-refractivity contribution in [3.63, 3.8) is 0 Å². The number of unbranched alkanes of at least 4 members (excludes halogenated alkanes) is 6.